The van der Waals surface area contributed by atoms with Crippen LogP contribution in [0.5, 0.6) is 0 Å². The number of nitrogens with zero attached hydrogens (tertiary/aromatic N) is 1. The standard InChI is InChI=1S/C8H13NO2S2/c1-6(2)5-11-7(10)9-3-4-13-8(9)12/h6H,3-5H2,1-2H3. The van der Waals surface area contributed by atoms with Gasteiger partial charge in [-0.15, -0.1) is 0 Å². The fraction of sp³-hybridized carbons (Fsp3) is 0.750. The average Bonchev–Trinajstić information content (AvgIpc) is 2.47. The van der Waals surface area contributed by atoms with E-state index in [-0.39, 0.29) is 6.09 Å². The molecule has 1 heterocycles. The minimum Gasteiger partial charge on any atom is -0.449 e. The average molecular weight is 219 g/mol. The monoisotopic (exact) mass is 219 g/mol. The SMILES string of the molecule is CC(C)COC(=O)N1CCSC1=S. The van der Waals surface area contributed by atoms with E-state index in [1.165, 1.54) is 16.7 Å². The van der Waals surface area contributed by atoms with Crippen molar-refractivity contribution >= 4 is 34.4 Å². The zero-order valence-electron chi connectivity index (χ0n) is 7.78. The lowest BCUT2D eigenvalue weighted by Crippen LogP contribution is -2.32. The summed E-state index contributed by atoms with van der Waals surface area (Å²) in [5.74, 6) is 1.25. The van der Waals surface area contributed by atoms with Crippen molar-refractivity contribution in [1.29, 1.82) is 0 Å². The van der Waals surface area contributed by atoms with E-state index in [4.69, 9.17) is 17.0 Å². The van der Waals surface area contributed by atoms with Gasteiger partial charge in [0, 0.05) is 12.3 Å². The van der Waals surface area contributed by atoms with Crippen LogP contribution in [0.4, 0.5) is 4.79 Å². The van der Waals surface area contributed by atoms with Crippen molar-refractivity contribution < 1.29 is 9.53 Å². The molecule has 0 aromatic carbocycles. The highest BCUT2D eigenvalue weighted by Gasteiger charge is 2.25. The zero-order valence-corrected chi connectivity index (χ0v) is 9.41. The third-order valence-electron chi connectivity index (χ3n) is 1.52. The second-order valence-corrected chi connectivity index (χ2v) is 4.97. The molecular weight excluding hydrogens is 206 g/mol. The summed E-state index contributed by atoms with van der Waals surface area (Å²) in [4.78, 5) is 12.9. The van der Waals surface area contributed by atoms with Gasteiger partial charge in [0.15, 0.2) is 0 Å². The molecule has 0 unspecified atom stereocenters. The fourth-order valence-corrected chi connectivity index (χ4v) is 2.06. The number of ether oxygens (including phenoxy) is 1. The quantitative estimate of drug-likeness (QED) is 0.665. The number of carbonyl (C=O) groups is 1. The van der Waals surface area contributed by atoms with Crippen molar-refractivity contribution in [2.24, 2.45) is 5.92 Å². The van der Waals surface area contributed by atoms with Gasteiger partial charge in [-0.2, -0.15) is 0 Å². The molecule has 1 fully saturated rings. The Bertz CT molecular complexity index is 218. The summed E-state index contributed by atoms with van der Waals surface area (Å²) in [6.45, 7) is 5.15. The molecule has 0 spiro atoms. The maximum Gasteiger partial charge on any atom is 0.415 e. The maximum atomic E-state index is 11.4. The maximum absolute atomic E-state index is 11.4. The summed E-state index contributed by atoms with van der Waals surface area (Å²) >= 11 is 6.51. The van der Waals surface area contributed by atoms with Gasteiger partial charge in [0.25, 0.3) is 0 Å². The van der Waals surface area contributed by atoms with E-state index in [9.17, 15) is 4.79 Å². The lowest BCUT2D eigenvalue weighted by Gasteiger charge is -2.15. The Kier molecular flexibility index (Phi) is 3.99. The molecule has 3 nitrogen and oxygen atoms in total. The number of rotatable bonds is 2. The molecule has 0 saturated carbocycles. The summed E-state index contributed by atoms with van der Waals surface area (Å²) in [5, 5.41) is 0. The second kappa shape index (κ2) is 4.81. The Morgan fingerprint density at radius 3 is 2.92 bits per heavy atom. The van der Waals surface area contributed by atoms with E-state index in [1.807, 2.05) is 13.8 Å². The van der Waals surface area contributed by atoms with Crippen molar-refractivity contribution in [1.82, 2.24) is 4.90 Å². The number of hydrogen-bond donors (Lipinski definition) is 0. The number of thiocarbonyl (C=S) groups is 1. The van der Waals surface area contributed by atoms with Gasteiger partial charge >= 0.3 is 6.09 Å². The molecule has 0 aromatic rings. The van der Waals surface area contributed by atoms with Crippen molar-refractivity contribution in [2.75, 3.05) is 18.9 Å². The molecule has 0 aliphatic carbocycles. The van der Waals surface area contributed by atoms with E-state index >= 15 is 0 Å². The van der Waals surface area contributed by atoms with Gasteiger partial charge in [-0.1, -0.05) is 37.8 Å². The van der Waals surface area contributed by atoms with Crippen LogP contribution in [0.2, 0.25) is 0 Å². The lowest BCUT2D eigenvalue weighted by atomic mass is 10.2. The van der Waals surface area contributed by atoms with Crippen molar-refractivity contribution in [2.45, 2.75) is 13.8 Å². The zero-order chi connectivity index (χ0) is 9.84. The molecule has 0 N–H and O–H groups in total. The predicted octanol–water partition coefficient (Wildman–Crippen LogP) is 2.11. The van der Waals surface area contributed by atoms with Crippen molar-refractivity contribution in [3.05, 3.63) is 0 Å². The topological polar surface area (TPSA) is 29.5 Å². The van der Waals surface area contributed by atoms with Crippen LogP contribution in [0.3, 0.4) is 0 Å². The van der Waals surface area contributed by atoms with Gasteiger partial charge in [0.05, 0.1) is 6.61 Å². The smallest absolute Gasteiger partial charge is 0.415 e. The third-order valence-corrected chi connectivity index (χ3v) is 2.95. The molecule has 1 aliphatic heterocycles. The Balaban J connectivity index is 2.34. The van der Waals surface area contributed by atoms with Gasteiger partial charge < -0.3 is 4.74 Å². The number of hydrogen-bond acceptors (Lipinski definition) is 4. The minimum atomic E-state index is -0.302. The van der Waals surface area contributed by atoms with E-state index in [0.29, 0.717) is 23.4 Å². The Morgan fingerprint density at radius 2 is 2.46 bits per heavy atom. The van der Waals surface area contributed by atoms with Gasteiger partial charge in [-0.25, -0.2) is 4.79 Å². The number of amides is 1. The first-order valence-electron chi connectivity index (χ1n) is 4.22. The molecule has 0 bridgehead atoms. The molecule has 1 rings (SSSR count). The summed E-state index contributed by atoms with van der Waals surface area (Å²) < 4.78 is 5.68. The van der Waals surface area contributed by atoms with E-state index in [2.05, 4.69) is 0 Å². The van der Waals surface area contributed by atoms with Crippen LogP contribution >= 0.6 is 24.0 Å². The highest BCUT2D eigenvalue weighted by molar-refractivity contribution is 8.23. The van der Waals surface area contributed by atoms with Gasteiger partial charge in [-0.3, -0.25) is 4.90 Å². The molecular formula is C8H13NO2S2. The van der Waals surface area contributed by atoms with Crippen LogP contribution < -0.4 is 0 Å². The molecule has 1 amide bonds. The Morgan fingerprint density at radius 1 is 1.77 bits per heavy atom. The molecule has 0 atom stereocenters. The molecule has 0 aromatic heterocycles. The molecule has 5 heteroatoms. The lowest BCUT2D eigenvalue weighted by molar-refractivity contribution is 0.114. The first-order valence-corrected chi connectivity index (χ1v) is 5.61. The van der Waals surface area contributed by atoms with Crippen LogP contribution in [0.1, 0.15) is 13.8 Å². The predicted molar refractivity (Wildman–Crippen MR) is 57.9 cm³/mol. The van der Waals surface area contributed by atoms with Crippen LogP contribution in [0.15, 0.2) is 0 Å². The molecule has 74 valence electrons. The van der Waals surface area contributed by atoms with E-state index < -0.39 is 0 Å². The number of thioether (sulfide) groups is 1. The van der Waals surface area contributed by atoms with Crippen LogP contribution in [0, 0.1) is 5.92 Å². The third kappa shape index (κ3) is 3.15. The first kappa shape index (κ1) is 10.8. The summed E-state index contributed by atoms with van der Waals surface area (Å²) in [7, 11) is 0. The largest absolute Gasteiger partial charge is 0.449 e. The summed E-state index contributed by atoms with van der Waals surface area (Å²) in [5.41, 5.74) is 0. The normalized spacial score (nSPS) is 16.8. The molecule has 1 aliphatic rings. The highest BCUT2D eigenvalue weighted by Crippen LogP contribution is 2.18. The molecule has 13 heavy (non-hydrogen) atoms. The summed E-state index contributed by atoms with van der Waals surface area (Å²) in [6, 6.07) is 0. The summed E-state index contributed by atoms with van der Waals surface area (Å²) in [6.07, 6.45) is -0.302. The van der Waals surface area contributed by atoms with Crippen LogP contribution in [0.25, 0.3) is 0 Å². The van der Waals surface area contributed by atoms with Gasteiger partial charge in [-0.05, 0) is 5.92 Å². The molecule has 1 saturated heterocycles. The van der Waals surface area contributed by atoms with E-state index in [1.54, 1.807) is 0 Å². The van der Waals surface area contributed by atoms with E-state index in [0.717, 1.165) is 5.75 Å². The van der Waals surface area contributed by atoms with Crippen LogP contribution in [-0.2, 0) is 4.74 Å². The second-order valence-electron chi connectivity index (χ2n) is 3.24. The fourth-order valence-electron chi connectivity index (χ4n) is 0.875. The minimum absolute atomic E-state index is 0.302. The van der Waals surface area contributed by atoms with Crippen molar-refractivity contribution in [3.63, 3.8) is 0 Å². The Hall–Kier alpha value is -0.290. The molecule has 0 radical (unpaired) electrons. The van der Waals surface area contributed by atoms with Gasteiger partial charge in [0.2, 0.25) is 0 Å². The van der Waals surface area contributed by atoms with Gasteiger partial charge in [0.1, 0.15) is 4.32 Å². The highest BCUT2D eigenvalue weighted by atomic mass is 32.2. The number of carbonyl (C=O) groups excluding carboxylic acids is 1. The van der Waals surface area contributed by atoms with Crippen molar-refractivity contribution in [3.8, 4) is 0 Å². The Labute approximate surface area is 87.8 Å². The first-order chi connectivity index (χ1) is 6.11. The van der Waals surface area contributed by atoms with Crippen LogP contribution in [-0.4, -0.2) is 34.2 Å².